The Morgan fingerprint density at radius 1 is 0.543 bits per heavy atom. The van der Waals surface area contributed by atoms with Crippen molar-refractivity contribution in [2.24, 2.45) is 15.0 Å². The SMILES string of the molecule is O=C=Nc1ccc(COP(=S)(OCc2ccc(N=C=O)cc2)OCc2ccc(N=C=O)cc2)cc1. The van der Waals surface area contributed by atoms with Crippen molar-refractivity contribution in [2.75, 3.05) is 0 Å². The van der Waals surface area contributed by atoms with Crippen LogP contribution in [0.5, 0.6) is 0 Å². The van der Waals surface area contributed by atoms with E-state index < -0.39 is 6.72 Å². The average Bonchev–Trinajstić information content (AvgIpc) is 2.88. The molecule has 0 atom stereocenters. The summed E-state index contributed by atoms with van der Waals surface area (Å²) in [6.07, 6.45) is 4.46. The summed E-state index contributed by atoms with van der Waals surface area (Å²) < 4.78 is 17.8. The molecular formula is C24H18N3O6PS. The zero-order valence-corrected chi connectivity index (χ0v) is 19.9. The van der Waals surface area contributed by atoms with Gasteiger partial charge >= 0.3 is 6.72 Å². The van der Waals surface area contributed by atoms with Crippen molar-refractivity contribution >= 4 is 53.8 Å². The normalized spacial score (nSPS) is 11.9. The van der Waals surface area contributed by atoms with Gasteiger partial charge in [0, 0.05) is 0 Å². The van der Waals surface area contributed by atoms with Crippen molar-refractivity contribution in [1.29, 1.82) is 0 Å². The van der Waals surface area contributed by atoms with Crippen LogP contribution in [0.15, 0.2) is 87.8 Å². The van der Waals surface area contributed by atoms with Gasteiger partial charge in [0.15, 0.2) is 0 Å². The molecule has 0 aliphatic rings. The second-order valence-electron chi connectivity index (χ2n) is 6.88. The highest BCUT2D eigenvalue weighted by molar-refractivity contribution is 8.07. The van der Waals surface area contributed by atoms with Crippen LogP contribution in [0.3, 0.4) is 0 Å². The molecule has 3 aromatic carbocycles. The fourth-order valence-corrected chi connectivity index (χ4v) is 4.35. The smallest absolute Gasteiger partial charge is 0.304 e. The monoisotopic (exact) mass is 507 g/mol. The molecule has 0 bridgehead atoms. The van der Waals surface area contributed by atoms with Gasteiger partial charge in [-0.15, -0.1) is 0 Å². The lowest BCUT2D eigenvalue weighted by Gasteiger charge is -2.22. The highest BCUT2D eigenvalue weighted by atomic mass is 32.5. The lowest BCUT2D eigenvalue weighted by atomic mass is 10.2. The molecule has 11 heteroatoms. The topological polar surface area (TPSA) is 116 Å². The third-order valence-corrected chi connectivity index (χ3v) is 6.79. The van der Waals surface area contributed by atoms with Gasteiger partial charge < -0.3 is 13.6 Å². The molecule has 0 spiro atoms. The molecule has 3 rings (SSSR count). The number of rotatable bonds is 12. The minimum absolute atomic E-state index is 0.113. The molecule has 0 aromatic heterocycles. The van der Waals surface area contributed by atoms with Crippen LogP contribution in [0.2, 0.25) is 0 Å². The molecule has 35 heavy (non-hydrogen) atoms. The van der Waals surface area contributed by atoms with E-state index in [0.29, 0.717) is 17.1 Å². The van der Waals surface area contributed by atoms with Crippen molar-refractivity contribution in [3.63, 3.8) is 0 Å². The fourth-order valence-electron chi connectivity index (χ4n) is 2.73. The van der Waals surface area contributed by atoms with Gasteiger partial charge in [0.1, 0.15) is 0 Å². The largest absolute Gasteiger partial charge is 0.328 e. The molecule has 0 unspecified atom stereocenters. The van der Waals surface area contributed by atoms with E-state index in [-0.39, 0.29) is 19.8 Å². The molecule has 0 saturated carbocycles. The lowest BCUT2D eigenvalue weighted by Crippen LogP contribution is -2.01. The first-order valence-electron chi connectivity index (χ1n) is 10.1. The van der Waals surface area contributed by atoms with E-state index in [9.17, 15) is 14.4 Å². The Hall–Kier alpha value is -3.67. The maximum absolute atomic E-state index is 10.4. The number of benzene rings is 3. The quantitative estimate of drug-likeness (QED) is 0.174. The standard InChI is InChI=1S/C24H18N3O6PS/c28-16-25-22-7-1-19(2-8-22)13-31-34(35,32-14-20-3-9-23(10-4-20)26-17-29)33-15-21-5-11-24(12-6-21)27-18-30/h1-12H,13-15H2. The van der Waals surface area contributed by atoms with Gasteiger partial charge in [-0.05, 0) is 64.9 Å². The predicted octanol–water partition coefficient (Wildman–Crippen LogP) is 5.76. The van der Waals surface area contributed by atoms with Crippen LogP contribution in [0.4, 0.5) is 17.1 Å². The lowest BCUT2D eigenvalue weighted by molar-refractivity contribution is 0.141. The molecule has 9 nitrogen and oxygen atoms in total. The van der Waals surface area contributed by atoms with Gasteiger partial charge in [-0.25, -0.2) is 14.4 Å². The molecule has 0 heterocycles. The van der Waals surface area contributed by atoms with Crippen molar-refractivity contribution in [3.8, 4) is 0 Å². The summed E-state index contributed by atoms with van der Waals surface area (Å²) in [5, 5.41) is 0. The zero-order valence-electron chi connectivity index (χ0n) is 18.2. The van der Waals surface area contributed by atoms with Crippen molar-refractivity contribution < 1.29 is 28.0 Å². The Morgan fingerprint density at radius 3 is 1.03 bits per heavy atom. The van der Waals surface area contributed by atoms with Gasteiger partial charge in [0.05, 0.1) is 36.9 Å². The Kier molecular flexibility index (Phi) is 9.84. The minimum Gasteiger partial charge on any atom is -0.304 e. The van der Waals surface area contributed by atoms with Crippen LogP contribution in [-0.2, 0) is 59.6 Å². The molecule has 0 saturated heterocycles. The highest BCUT2D eigenvalue weighted by Gasteiger charge is 2.22. The van der Waals surface area contributed by atoms with E-state index >= 15 is 0 Å². The first kappa shape index (κ1) is 25.9. The van der Waals surface area contributed by atoms with Crippen LogP contribution in [0.1, 0.15) is 16.7 Å². The first-order chi connectivity index (χ1) is 17.0. The summed E-state index contributed by atoms with van der Waals surface area (Å²) in [5.74, 6) is 0. The molecule has 0 amide bonds. The fraction of sp³-hybridized carbons (Fsp3) is 0.125. The third-order valence-electron chi connectivity index (χ3n) is 4.50. The molecule has 3 aromatic rings. The van der Waals surface area contributed by atoms with E-state index in [4.69, 9.17) is 25.4 Å². The molecule has 0 radical (unpaired) electrons. The maximum atomic E-state index is 10.4. The first-order valence-corrected chi connectivity index (χ1v) is 12.6. The Morgan fingerprint density at radius 2 is 0.800 bits per heavy atom. The van der Waals surface area contributed by atoms with E-state index in [1.807, 2.05) is 0 Å². The van der Waals surface area contributed by atoms with Crippen molar-refractivity contribution in [1.82, 2.24) is 0 Å². The Bertz CT molecular complexity index is 1160. The number of isocyanates is 3. The number of aliphatic imine (C=N–C) groups is 3. The summed E-state index contributed by atoms with van der Waals surface area (Å²) in [4.78, 5) is 41.8. The summed E-state index contributed by atoms with van der Waals surface area (Å²) in [7, 11) is 0. The van der Waals surface area contributed by atoms with Gasteiger partial charge in [0.2, 0.25) is 18.2 Å². The second kappa shape index (κ2) is 13.3. The van der Waals surface area contributed by atoms with Crippen molar-refractivity contribution in [2.45, 2.75) is 19.8 Å². The van der Waals surface area contributed by atoms with E-state index in [2.05, 4.69) is 15.0 Å². The number of hydrogen-bond donors (Lipinski definition) is 0. The molecular weight excluding hydrogens is 489 g/mol. The molecule has 0 N–H and O–H groups in total. The van der Waals surface area contributed by atoms with Crippen LogP contribution in [0.25, 0.3) is 0 Å². The van der Waals surface area contributed by atoms with Gasteiger partial charge in [-0.3, -0.25) is 0 Å². The van der Waals surface area contributed by atoms with Crippen LogP contribution in [-0.4, -0.2) is 18.2 Å². The number of nitrogens with zero attached hydrogens (tertiary/aromatic N) is 3. The minimum atomic E-state index is -3.21. The van der Waals surface area contributed by atoms with E-state index in [1.165, 1.54) is 18.2 Å². The second-order valence-corrected chi connectivity index (χ2v) is 9.89. The van der Waals surface area contributed by atoms with E-state index in [1.54, 1.807) is 72.8 Å². The zero-order chi connectivity index (χ0) is 24.9. The van der Waals surface area contributed by atoms with Gasteiger partial charge in [0.25, 0.3) is 0 Å². The molecule has 0 fully saturated rings. The van der Waals surface area contributed by atoms with Crippen molar-refractivity contribution in [3.05, 3.63) is 89.5 Å². The Balaban J connectivity index is 1.70. The third kappa shape index (κ3) is 8.56. The summed E-state index contributed by atoms with van der Waals surface area (Å²) in [5.41, 5.74) is 3.76. The summed E-state index contributed by atoms with van der Waals surface area (Å²) in [6.45, 7) is -2.87. The van der Waals surface area contributed by atoms with Crippen LogP contribution >= 0.6 is 6.72 Å². The summed E-state index contributed by atoms with van der Waals surface area (Å²) >= 11 is 5.64. The molecule has 0 aliphatic carbocycles. The maximum Gasteiger partial charge on any atom is 0.328 e. The van der Waals surface area contributed by atoms with Crippen LogP contribution in [0, 0.1) is 0 Å². The highest BCUT2D eigenvalue weighted by Crippen LogP contribution is 2.52. The van der Waals surface area contributed by atoms with Crippen LogP contribution < -0.4 is 0 Å². The van der Waals surface area contributed by atoms with E-state index in [0.717, 1.165) is 16.7 Å². The average molecular weight is 507 g/mol. The Labute approximate surface area is 206 Å². The summed E-state index contributed by atoms with van der Waals surface area (Å²) in [6, 6.07) is 20.4. The molecule has 176 valence electrons. The number of hydrogen-bond acceptors (Lipinski definition) is 10. The van der Waals surface area contributed by atoms with Gasteiger partial charge in [-0.1, -0.05) is 36.4 Å². The molecule has 0 aliphatic heterocycles. The van der Waals surface area contributed by atoms with Gasteiger partial charge in [-0.2, -0.15) is 15.0 Å². The predicted molar refractivity (Wildman–Crippen MR) is 131 cm³/mol. The number of carbonyl (C=O) groups excluding carboxylic acids is 3.